The van der Waals surface area contributed by atoms with Gasteiger partial charge in [-0.15, -0.1) is 11.8 Å². The number of hydrogen-bond donors (Lipinski definition) is 6. The van der Waals surface area contributed by atoms with Crippen LogP contribution in [0.5, 0.6) is 0 Å². The number of carbonyl (C=O) groups is 3. The number of primary amides is 1. The summed E-state index contributed by atoms with van der Waals surface area (Å²) in [5, 5.41) is 20.1. The Morgan fingerprint density at radius 3 is 2.58 bits per heavy atom. The van der Waals surface area contributed by atoms with Crippen molar-refractivity contribution < 1.29 is 19.3 Å². The first-order valence-electron chi connectivity index (χ1n) is 11.6. The molecule has 0 fully saturated rings. The molecule has 1 aliphatic heterocycles. The zero-order valence-electron chi connectivity index (χ0n) is 20.4. The number of nitrogens with two attached hydrogens (primary N) is 3. The van der Waals surface area contributed by atoms with E-state index in [4.69, 9.17) is 17.2 Å². The third-order valence-electron chi connectivity index (χ3n) is 5.91. The Morgan fingerprint density at radius 1 is 1.25 bits per heavy atom. The average molecular weight is 523 g/mol. The first-order valence-corrected chi connectivity index (χ1v) is 12.6. The molecule has 36 heavy (non-hydrogen) atoms. The number of guanidine groups is 1. The molecule has 1 aliphatic rings. The predicted octanol–water partition coefficient (Wildman–Crippen LogP) is -0.287. The highest BCUT2D eigenvalue weighted by atomic mass is 32.2. The summed E-state index contributed by atoms with van der Waals surface area (Å²) in [4.78, 5) is 54.1. The van der Waals surface area contributed by atoms with Crippen LogP contribution in [0.1, 0.15) is 38.7 Å². The van der Waals surface area contributed by atoms with Crippen molar-refractivity contribution in [3.05, 3.63) is 33.9 Å². The van der Waals surface area contributed by atoms with Crippen LogP contribution >= 0.6 is 11.8 Å². The number of thioether (sulfide) groups is 1. The molecule has 1 aromatic carbocycles. The Labute approximate surface area is 213 Å². The minimum atomic E-state index is -1.02. The van der Waals surface area contributed by atoms with Gasteiger partial charge in [0.2, 0.25) is 17.7 Å². The van der Waals surface area contributed by atoms with Gasteiger partial charge in [0.25, 0.3) is 5.69 Å². The normalized spacial score (nSPS) is 21.9. The number of nitrogens with zero attached hydrogens (tertiary/aromatic N) is 2. The largest absolute Gasteiger partial charge is 0.370 e. The molecule has 3 amide bonds. The summed E-state index contributed by atoms with van der Waals surface area (Å²) in [7, 11) is 0. The van der Waals surface area contributed by atoms with Crippen molar-refractivity contribution in [2.45, 2.75) is 62.7 Å². The van der Waals surface area contributed by atoms with Crippen LogP contribution in [0.15, 0.2) is 28.1 Å². The van der Waals surface area contributed by atoms with Crippen LogP contribution in [-0.2, 0) is 20.9 Å². The third kappa shape index (κ3) is 8.37. The second kappa shape index (κ2) is 13.6. The number of carbonyl (C=O) groups excluding carboxylic acids is 3. The molecular formula is C22H34N8O5S. The van der Waals surface area contributed by atoms with Crippen molar-refractivity contribution in [1.29, 1.82) is 0 Å². The predicted molar refractivity (Wildman–Crippen MR) is 137 cm³/mol. The maximum Gasteiger partial charge on any atom is 0.273 e. The molecule has 2 rings (SSSR count). The number of rotatable bonds is 8. The lowest BCUT2D eigenvalue weighted by molar-refractivity contribution is -0.385. The van der Waals surface area contributed by atoms with E-state index in [0.29, 0.717) is 23.3 Å². The number of fused-ring (bicyclic) bond motifs is 2. The zero-order valence-corrected chi connectivity index (χ0v) is 21.2. The second-order valence-corrected chi connectivity index (χ2v) is 9.67. The minimum Gasteiger partial charge on any atom is -0.370 e. The van der Waals surface area contributed by atoms with Crippen LogP contribution in [0, 0.1) is 16.0 Å². The highest BCUT2D eigenvalue weighted by Crippen LogP contribution is 2.27. The van der Waals surface area contributed by atoms with Crippen LogP contribution in [-0.4, -0.2) is 59.0 Å². The molecule has 1 aromatic rings. The summed E-state index contributed by atoms with van der Waals surface area (Å²) >= 11 is 1.23. The van der Waals surface area contributed by atoms with Crippen molar-refractivity contribution in [3.63, 3.8) is 0 Å². The molecule has 0 saturated carbocycles. The highest BCUT2D eigenvalue weighted by Gasteiger charge is 2.31. The van der Waals surface area contributed by atoms with Gasteiger partial charge in [0.05, 0.1) is 11.0 Å². The zero-order chi connectivity index (χ0) is 26.8. The summed E-state index contributed by atoms with van der Waals surface area (Å²) in [6.07, 6.45) is 1.25. The van der Waals surface area contributed by atoms with Crippen molar-refractivity contribution in [2.75, 3.05) is 12.3 Å². The first kappa shape index (κ1) is 28.8. The molecule has 0 radical (unpaired) electrons. The molecule has 2 bridgehead atoms. The molecule has 13 nitrogen and oxygen atoms in total. The van der Waals surface area contributed by atoms with E-state index in [9.17, 15) is 24.5 Å². The summed E-state index contributed by atoms with van der Waals surface area (Å²) in [5.41, 5.74) is 16.5. The Hall–Kier alpha value is -3.39. The van der Waals surface area contributed by atoms with Crippen molar-refractivity contribution in [2.24, 2.45) is 28.1 Å². The Balaban J connectivity index is 2.42. The Kier molecular flexibility index (Phi) is 10.9. The number of amides is 3. The monoisotopic (exact) mass is 522 g/mol. The van der Waals surface area contributed by atoms with Crippen LogP contribution in [0.2, 0.25) is 0 Å². The number of nitro groups is 1. The highest BCUT2D eigenvalue weighted by molar-refractivity contribution is 7.99. The van der Waals surface area contributed by atoms with Crippen LogP contribution < -0.4 is 33.2 Å². The standard InChI is InChI=1S/C22H34N8O5S/c1-3-12(2)18-21(33)28-15(5-4-8-26-22(24)25)20(32)29-16(19(23)31)11-36-14-6-7-17(30(34)35)13(9-14)10-27-18/h6-7,9,12,15-16,18,27H,3-5,8,10-11H2,1-2H3,(H2,23,31)(H,28,33)(H,29,32)(H4,24,25,26)/t12?,15?,16-,18?/m0/s1. The van der Waals surface area contributed by atoms with Crippen molar-refractivity contribution >= 4 is 41.1 Å². The SMILES string of the molecule is CCC(C)C1NCc2cc(ccc2[N+](=O)[O-])SC[C@@H](C(N)=O)NC(=O)C(CCCN=C(N)N)NC1=O. The molecule has 1 heterocycles. The lowest BCUT2D eigenvalue weighted by Gasteiger charge is -2.28. The number of benzene rings is 1. The second-order valence-electron chi connectivity index (χ2n) is 8.58. The molecule has 9 N–H and O–H groups in total. The molecule has 198 valence electrons. The van der Waals surface area contributed by atoms with Gasteiger partial charge < -0.3 is 33.2 Å². The smallest absolute Gasteiger partial charge is 0.273 e. The fourth-order valence-electron chi connectivity index (χ4n) is 3.66. The van der Waals surface area contributed by atoms with E-state index in [0.717, 1.165) is 0 Å². The molecule has 14 heteroatoms. The lowest BCUT2D eigenvalue weighted by atomic mass is 9.97. The molecule has 0 saturated heterocycles. The van der Waals surface area contributed by atoms with Gasteiger partial charge in [0, 0.05) is 35.4 Å². The fraction of sp³-hybridized carbons (Fsp3) is 0.545. The van der Waals surface area contributed by atoms with Crippen LogP contribution in [0.3, 0.4) is 0 Å². The van der Waals surface area contributed by atoms with E-state index in [-0.39, 0.29) is 42.8 Å². The summed E-state index contributed by atoms with van der Waals surface area (Å²) < 4.78 is 0. The Bertz CT molecular complexity index is 1000. The first-order chi connectivity index (χ1) is 17.0. The van der Waals surface area contributed by atoms with Gasteiger partial charge in [-0.2, -0.15) is 0 Å². The van der Waals surface area contributed by atoms with Crippen molar-refractivity contribution in [3.8, 4) is 0 Å². The van der Waals surface area contributed by atoms with E-state index in [2.05, 4.69) is 20.9 Å². The van der Waals surface area contributed by atoms with Gasteiger partial charge >= 0.3 is 0 Å². The van der Waals surface area contributed by atoms with Gasteiger partial charge in [-0.25, -0.2) is 0 Å². The molecule has 4 atom stereocenters. The van der Waals surface area contributed by atoms with Crippen LogP contribution in [0.4, 0.5) is 5.69 Å². The van der Waals surface area contributed by atoms with E-state index in [1.54, 1.807) is 12.1 Å². The van der Waals surface area contributed by atoms with Gasteiger partial charge in [-0.1, -0.05) is 20.3 Å². The van der Waals surface area contributed by atoms with E-state index in [1.807, 2.05) is 13.8 Å². The van der Waals surface area contributed by atoms with Gasteiger partial charge in [-0.3, -0.25) is 29.5 Å². The number of aliphatic imine (C=N–C) groups is 1. The number of nitro benzene ring substituents is 1. The van der Waals surface area contributed by atoms with E-state index in [1.165, 1.54) is 17.8 Å². The maximum absolute atomic E-state index is 13.3. The number of hydrogen-bond acceptors (Lipinski definition) is 8. The molecule has 0 spiro atoms. The summed E-state index contributed by atoms with van der Waals surface area (Å²) in [6.45, 7) is 4.11. The Morgan fingerprint density at radius 2 is 1.97 bits per heavy atom. The fourth-order valence-corrected chi connectivity index (χ4v) is 4.66. The summed E-state index contributed by atoms with van der Waals surface area (Å²) in [5.74, 6) is -1.85. The van der Waals surface area contributed by atoms with Crippen molar-refractivity contribution in [1.82, 2.24) is 16.0 Å². The average Bonchev–Trinajstić information content (AvgIpc) is 2.82. The number of nitrogens with one attached hydrogen (secondary N) is 3. The molecule has 0 aliphatic carbocycles. The maximum atomic E-state index is 13.3. The molecule has 0 aromatic heterocycles. The van der Waals surface area contributed by atoms with E-state index >= 15 is 0 Å². The summed E-state index contributed by atoms with van der Waals surface area (Å²) in [6, 6.07) is 1.87. The quantitative estimate of drug-likeness (QED) is 0.0866. The third-order valence-corrected chi connectivity index (χ3v) is 7.00. The lowest BCUT2D eigenvalue weighted by Crippen LogP contribution is -2.57. The van der Waals surface area contributed by atoms with E-state index < -0.39 is 40.8 Å². The molecular weight excluding hydrogens is 488 g/mol. The topological polar surface area (TPSA) is 221 Å². The van der Waals surface area contributed by atoms with Crippen LogP contribution in [0.25, 0.3) is 0 Å². The van der Waals surface area contributed by atoms with Gasteiger partial charge in [0.15, 0.2) is 5.96 Å². The van der Waals surface area contributed by atoms with Gasteiger partial charge in [0.1, 0.15) is 12.1 Å². The molecule has 3 unspecified atom stereocenters. The minimum absolute atomic E-state index is 0.0632. The van der Waals surface area contributed by atoms with Gasteiger partial charge in [-0.05, 0) is 30.9 Å².